The van der Waals surface area contributed by atoms with Crippen LogP contribution in [0.25, 0.3) is 10.9 Å². The predicted molar refractivity (Wildman–Crippen MR) is 108 cm³/mol. The van der Waals surface area contributed by atoms with E-state index in [0.29, 0.717) is 6.54 Å². The number of fused-ring (bicyclic) bond motifs is 1. The Morgan fingerprint density at radius 3 is 2.58 bits per heavy atom. The van der Waals surface area contributed by atoms with Crippen molar-refractivity contribution >= 4 is 28.1 Å². The van der Waals surface area contributed by atoms with Gasteiger partial charge in [-0.1, -0.05) is 54.6 Å². The minimum Gasteiger partial charge on any atom is -0.351 e. The highest BCUT2D eigenvalue weighted by molar-refractivity contribution is 7.12. The third kappa shape index (κ3) is 3.55. The van der Waals surface area contributed by atoms with E-state index >= 15 is 0 Å². The van der Waals surface area contributed by atoms with Crippen molar-refractivity contribution in [1.29, 1.82) is 0 Å². The van der Waals surface area contributed by atoms with Crippen molar-refractivity contribution in [2.75, 3.05) is 6.54 Å². The summed E-state index contributed by atoms with van der Waals surface area (Å²) in [6, 6.07) is 22.7. The third-order valence-electron chi connectivity index (χ3n) is 4.49. The molecule has 4 heteroatoms. The van der Waals surface area contributed by atoms with Crippen molar-refractivity contribution in [2.45, 2.75) is 13.0 Å². The quantitative estimate of drug-likeness (QED) is 0.530. The van der Waals surface area contributed by atoms with Crippen LogP contribution in [0.3, 0.4) is 0 Å². The minimum atomic E-state index is 0.00743. The fourth-order valence-electron chi connectivity index (χ4n) is 3.24. The van der Waals surface area contributed by atoms with Crippen LogP contribution < -0.4 is 5.32 Å². The predicted octanol–water partition coefficient (Wildman–Crippen LogP) is 4.72. The van der Waals surface area contributed by atoms with Gasteiger partial charge in [-0.25, -0.2) is 0 Å². The molecule has 0 saturated heterocycles. The van der Waals surface area contributed by atoms with E-state index in [1.54, 1.807) is 0 Å². The van der Waals surface area contributed by atoms with Crippen molar-refractivity contribution in [3.8, 4) is 0 Å². The number of benzene rings is 2. The molecule has 0 aliphatic rings. The number of hydrogen-bond acceptors (Lipinski definition) is 2. The number of aromatic nitrogens is 1. The monoisotopic (exact) mass is 360 g/mol. The summed E-state index contributed by atoms with van der Waals surface area (Å²) in [5.74, 6) is 0.00743. The van der Waals surface area contributed by atoms with Crippen molar-refractivity contribution in [3.63, 3.8) is 0 Å². The lowest BCUT2D eigenvalue weighted by Crippen LogP contribution is -2.24. The van der Waals surface area contributed by atoms with Gasteiger partial charge in [0, 0.05) is 30.2 Å². The molecule has 1 amide bonds. The number of carbonyl (C=O) groups excluding carboxylic acids is 1. The average Bonchev–Trinajstić information content (AvgIpc) is 3.32. The molecular weight excluding hydrogens is 340 g/mol. The first-order chi connectivity index (χ1) is 12.8. The van der Waals surface area contributed by atoms with Crippen molar-refractivity contribution < 1.29 is 4.79 Å². The Hall–Kier alpha value is -2.85. The van der Waals surface area contributed by atoms with Crippen LogP contribution in [-0.2, 0) is 13.0 Å². The van der Waals surface area contributed by atoms with Gasteiger partial charge in [-0.2, -0.15) is 0 Å². The molecule has 2 aromatic heterocycles. The van der Waals surface area contributed by atoms with Gasteiger partial charge < -0.3 is 9.88 Å². The van der Waals surface area contributed by atoms with Gasteiger partial charge >= 0.3 is 0 Å². The Morgan fingerprint density at radius 2 is 1.77 bits per heavy atom. The largest absolute Gasteiger partial charge is 0.351 e. The molecule has 2 heterocycles. The number of hydrogen-bond donors (Lipinski definition) is 1. The Labute approximate surface area is 156 Å². The number of amides is 1. The molecule has 1 N–H and O–H groups in total. The maximum absolute atomic E-state index is 12.1. The molecule has 130 valence electrons. The first-order valence-corrected chi connectivity index (χ1v) is 9.61. The van der Waals surface area contributed by atoms with E-state index in [-0.39, 0.29) is 5.91 Å². The normalized spacial score (nSPS) is 10.9. The molecule has 0 aliphatic carbocycles. The van der Waals surface area contributed by atoms with E-state index in [9.17, 15) is 4.79 Å². The standard InChI is InChI=1S/C22H20N2OS/c25-22(21-11-6-14-26-21)23-13-12-18-16-24(15-17-7-2-1-3-8-17)20-10-5-4-9-19(18)20/h1-11,14,16H,12-13,15H2,(H,23,25). The fraction of sp³-hybridized carbons (Fsp3) is 0.136. The summed E-state index contributed by atoms with van der Waals surface area (Å²) < 4.78 is 2.29. The van der Waals surface area contributed by atoms with E-state index in [4.69, 9.17) is 0 Å². The lowest BCUT2D eigenvalue weighted by molar-refractivity contribution is 0.0958. The van der Waals surface area contributed by atoms with Crippen LogP contribution in [0.1, 0.15) is 20.8 Å². The highest BCUT2D eigenvalue weighted by Crippen LogP contribution is 2.23. The van der Waals surface area contributed by atoms with E-state index in [2.05, 4.69) is 64.6 Å². The van der Waals surface area contributed by atoms with E-state index < -0.39 is 0 Å². The van der Waals surface area contributed by atoms with Gasteiger partial charge in [0.25, 0.3) is 5.91 Å². The maximum Gasteiger partial charge on any atom is 0.261 e. The summed E-state index contributed by atoms with van der Waals surface area (Å²) in [6.45, 7) is 1.49. The fourth-order valence-corrected chi connectivity index (χ4v) is 3.88. The zero-order valence-corrected chi connectivity index (χ0v) is 15.2. The SMILES string of the molecule is O=C(NCCc1cn(Cc2ccccc2)c2ccccc12)c1cccs1. The number of carbonyl (C=O) groups is 1. The van der Waals surface area contributed by atoms with Crippen LogP contribution in [0.4, 0.5) is 0 Å². The lowest BCUT2D eigenvalue weighted by atomic mass is 10.1. The number of rotatable bonds is 6. The zero-order valence-electron chi connectivity index (χ0n) is 14.4. The molecule has 0 aliphatic heterocycles. The number of para-hydroxylation sites is 1. The van der Waals surface area contributed by atoms with Crippen LogP contribution >= 0.6 is 11.3 Å². The summed E-state index contributed by atoms with van der Waals surface area (Å²) in [7, 11) is 0. The topological polar surface area (TPSA) is 34.0 Å². The summed E-state index contributed by atoms with van der Waals surface area (Å²) in [4.78, 5) is 12.9. The molecular formula is C22H20N2OS. The minimum absolute atomic E-state index is 0.00743. The zero-order chi connectivity index (χ0) is 17.8. The maximum atomic E-state index is 12.1. The molecule has 26 heavy (non-hydrogen) atoms. The van der Waals surface area contributed by atoms with Gasteiger partial charge in [0.05, 0.1) is 4.88 Å². The number of nitrogens with zero attached hydrogens (tertiary/aromatic N) is 1. The highest BCUT2D eigenvalue weighted by Gasteiger charge is 2.10. The van der Waals surface area contributed by atoms with E-state index in [1.807, 2.05) is 23.6 Å². The molecule has 0 fully saturated rings. The van der Waals surface area contributed by atoms with E-state index in [0.717, 1.165) is 17.8 Å². The number of thiophene rings is 1. The Morgan fingerprint density at radius 1 is 0.962 bits per heavy atom. The smallest absolute Gasteiger partial charge is 0.261 e. The van der Waals surface area contributed by atoms with Crippen molar-refractivity contribution in [2.24, 2.45) is 0 Å². The van der Waals surface area contributed by atoms with Gasteiger partial charge in [-0.15, -0.1) is 11.3 Å². The molecule has 0 bridgehead atoms. The third-order valence-corrected chi connectivity index (χ3v) is 5.36. The van der Waals surface area contributed by atoms with Crippen LogP contribution in [0, 0.1) is 0 Å². The molecule has 3 nitrogen and oxygen atoms in total. The second-order valence-corrected chi connectivity index (χ2v) is 7.22. The Bertz CT molecular complexity index is 1000. The van der Waals surface area contributed by atoms with Crippen molar-refractivity contribution in [1.82, 2.24) is 9.88 Å². The first kappa shape index (κ1) is 16.6. The second-order valence-electron chi connectivity index (χ2n) is 6.27. The first-order valence-electron chi connectivity index (χ1n) is 8.73. The van der Waals surface area contributed by atoms with Crippen LogP contribution in [0.5, 0.6) is 0 Å². The van der Waals surface area contributed by atoms with Crippen molar-refractivity contribution in [3.05, 3.63) is 94.3 Å². The molecule has 0 radical (unpaired) electrons. The van der Waals surface area contributed by atoms with Crippen LogP contribution in [-0.4, -0.2) is 17.0 Å². The van der Waals surface area contributed by atoms with Gasteiger partial charge in [-0.05, 0) is 35.1 Å². The Kier molecular flexibility index (Phi) is 4.84. The summed E-state index contributed by atoms with van der Waals surface area (Å²) in [5, 5.41) is 6.20. The van der Waals surface area contributed by atoms with Gasteiger partial charge in [0.2, 0.25) is 0 Å². The lowest BCUT2D eigenvalue weighted by Gasteiger charge is -2.05. The second kappa shape index (κ2) is 7.58. The Balaban J connectivity index is 1.51. The molecule has 0 spiro atoms. The molecule has 0 atom stereocenters. The van der Waals surface area contributed by atoms with Gasteiger partial charge in [-0.3, -0.25) is 4.79 Å². The van der Waals surface area contributed by atoms with Crippen LogP contribution in [0.2, 0.25) is 0 Å². The molecule has 2 aromatic carbocycles. The molecule has 4 aromatic rings. The highest BCUT2D eigenvalue weighted by atomic mass is 32.1. The van der Waals surface area contributed by atoms with Crippen LogP contribution in [0.15, 0.2) is 78.3 Å². The molecule has 4 rings (SSSR count). The molecule has 0 saturated carbocycles. The summed E-state index contributed by atoms with van der Waals surface area (Å²) in [5.41, 5.74) is 3.78. The summed E-state index contributed by atoms with van der Waals surface area (Å²) >= 11 is 1.47. The van der Waals surface area contributed by atoms with E-state index in [1.165, 1.54) is 33.4 Å². The molecule has 0 unspecified atom stereocenters. The number of nitrogens with one attached hydrogen (secondary N) is 1. The summed E-state index contributed by atoms with van der Waals surface area (Å²) in [6.07, 6.45) is 3.04. The van der Waals surface area contributed by atoms with Gasteiger partial charge in [0.1, 0.15) is 0 Å². The van der Waals surface area contributed by atoms with Gasteiger partial charge in [0.15, 0.2) is 0 Å². The average molecular weight is 360 g/mol.